The van der Waals surface area contributed by atoms with E-state index in [1.165, 1.54) is 11.3 Å². The summed E-state index contributed by atoms with van der Waals surface area (Å²) in [6.07, 6.45) is 2.48. The third-order valence-electron chi connectivity index (χ3n) is 5.17. The number of hydrogen-bond donors (Lipinski definition) is 2. The van der Waals surface area contributed by atoms with Crippen LogP contribution in [0.2, 0.25) is 5.28 Å². The largest absolute Gasteiger partial charge is 0.420 e. The molecule has 0 aliphatic carbocycles. The number of carbonyl (C=O) groups is 1. The van der Waals surface area contributed by atoms with Crippen LogP contribution < -0.4 is 15.4 Å². The second kappa shape index (κ2) is 10.4. The molecule has 10 heteroatoms. The molecule has 0 spiro atoms. The van der Waals surface area contributed by atoms with Crippen molar-refractivity contribution in [3.63, 3.8) is 0 Å². The number of carbonyl (C=O) groups excluding carboxylic acids is 1. The van der Waals surface area contributed by atoms with Gasteiger partial charge in [0.05, 0.1) is 28.3 Å². The Bertz CT molecular complexity index is 1300. The van der Waals surface area contributed by atoms with Crippen molar-refractivity contribution in [2.75, 3.05) is 25.5 Å². The van der Waals surface area contributed by atoms with E-state index in [0.717, 1.165) is 33.0 Å². The number of anilines is 1. The number of thiophene rings is 1. The van der Waals surface area contributed by atoms with Crippen LogP contribution in [0.5, 0.6) is 11.8 Å². The van der Waals surface area contributed by atoms with Gasteiger partial charge in [0.15, 0.2) is 6.29 Å². The topological polar surface area (TPSA) is 98.3 Å². The van der Waals surface area contributed by atoms with Crippen LogP contribution in [-0.2, 0) is 11.3 Å². The van der Waals surface area contributed by atoms with Crippen molar-refractivity contribution in [1.82, 2.24) is 20.3 Å². The lowest BCUT2D eigenvalue weighted by Crippen LogP contribution is -2.29. The number of ether oxygens (including phenoxy) is 2. The molecule has 0 unspecified atom stereocenters. The van der Waals surface area contributed by atoms with E-state index in [1.54, 1.807) is 12.3 Å². The number of fused-ring (bicyclic) bond motifs is 3. The Morgan fingerprint density at radius 1 is 1.24 bits per heavy atom. The van der Waals surface area contributed by atoms with Gasteiger partial charge in [-0.25, -0.2) is 9.97 Å². The minimum atomic E-state index is 0.0823. The van der Waals surface area contributed by atoms with E-state index in [0.29, 0.717) is 42.0 Å². The number of aromatic nitrogens is 3. The van der Waals surface area contributed by atoms with E-state index in [-0.39, 0.29) is 11.3 Å². The molecule has 3 heterocycles. The fourth-order valence-electron chi connectivity index (χ4n) is 3.34. The number of likely N-dealkylation sites (N-methyl/N-ethyl adjacent to an activating group) is 1. The molecule has 1 atom stereocenters. The first-order valence-electron chi connectivity index (χ1n) is 10.5. The molecule has 0 aliphatic rings. The number of rotatable bonds is 10. The minimum absolute atomic E-state index is 0.0823. The quantitative estimate of drug-likeness (QED) is 0.238. The molecule has 8 nitrogen and oxygen atoms in total. The lowest BCUT2D eigenvalue weighted by molar-refractivity contribution is 0.112. The Hall–Kier alpha value is -2.85. The van der Waals surface area contributed by atoms with E-state index >= 15 is 0 Å². The zero-order valence-electron chi connectivity index (χ0n) is 18.5. The van der Waals surface area contributed by atoms with Gasteiger partial charge in [-0.2, -0.15) is 4.98 Å². The molecular weight excluding hydrogens is 462 g/mol. The summed E-state index contributed by atoms with van der Waals surface area (Å²) in [6, 6.07) is 7.86. The average molecular weight is 486 g/mol. The first-order chi connectivity index (χ1) is 16.0. The summed E-state index contributed by atoms with van der Waals surface area (Å²) in [5.74, 6) is 0.678. The SMILES string of the molecule is CCOCc1cnc(Cl)nc1Oc1ccc2c(ccc3sc(C=O)c(NC[C@@H](C)NC)c32)n1. The Balaban J connectivity index is 1.72. The van der Waals surface area contributed by atoms with Gasteiger partial charge in [-0.1, -0.05) is 0 Å². The molecule has 172 valence electrons. The summed E-state index contributed by atoms with van der Waals surface area (Å²) in [7, 11) is 1.91. The van der Waals surface area contributed by atoms with Crippen molar-refractivity contribution in [1.29, 1.82) is 0 Å². The van der Waals surface area contributed by atoms with Gasteiger partial charge >= 0.3 is 0 Å². The molecular formula is C23H24ClN5O3S. The van der Waals surface area contributed by atoms with Gasteiger partial charge in [0, 0.05) is 46.9 Å². The molecule has 0 amide bonds. The number of aldehydes is 1. The lowest BCUT2D eigenvalue weighted by Gasteiger charge is -2.13. The summed E-state index contributed by atoms with van der Waals surface area (Å²) in [6.45, 7) is 5.53. The van der Waals surface area contributed by atoms with Gasteiger partial charge < -0.3 is 20.1 Å². The zero-order valence-corrected chi connectivity index (χ0v) is 20.1. The standard InChI is InChI=1S/C23H24ClN5O3S/c1-4-31-12-14-10-27-23(24)29-22(14)32-19-8-5-15-16(28-19)6-7-17-20(15)21(18(11-30)33-17)26-9-13(2)25-3/h5-8,10-11,13,25-26H,4,9,12H2,1-3H3/t13-/m1/s1. The second-order valence-electron chi connectivity index (χ2n) is 7.39. The Kier molecular flexibility index (Phi) is 7.34. The number of nitrogens with one attached hydrogen (secondary N) is 2. The highest BCUT2D eigenvalue weighted by Gasteiger charge is 2.17. The van der Waals surface area contributed by atoms with Gasteiger partial charge in [0.2, 0.25) is 17.0 Å². The van der Waals surface area contributed by atoms with E-state index in [4.69, 9.17) is 21.1 Å². The molecule has 0 aliphatic heterocycles. The van der Waals surface area contributed by atoms with Crippen molar-refractivity contribution < 1.29 is 14.3 Å². The Labute approximate surface area is 200 Å². The fraction of sp³-hybridized carbons (Fsp3) is 0.304. The monoisotopic (exact) mass is 485 g/mol. The first-order valence-corrected chi connectivity index (χ1v) is 11.7. The zero-order chi connectivity index (χ0) is 23.4. The van der Waals surface area contributed by atoms with Crippen LogP contribution in [0, 0.1) is 0 Å². The van der Waals surface area contributed by atoms with Crippen LogP contribution in [-0.4, -0.2) is 47.5 Å². The minimum Gasteiger partial charge on any atom is -0.420 e. The summed E-state index contributed by atoms with van der Waals surface area (Å²) in [5.41, 5.74) is 2.25. The molecule has 0 bridgehead atoms. The van der Waals surface area contributed by atoms with Crippen LogP contribution in [0.15, 0.2) is 30.5 Å². The molecule has 0 radical (unpaired) electrons. The summed E-state index contributed by atoms with van der Waals surface area (Å²) < 4.78 is 12.4. The third kappa shape index (κ3) is 5.06. The van der Waals surface area contributed by atoms with Crippen LogP contribution >= 0.6 is 22.9 Å². The Morgan fingerprint density at radius 3 is 2.85 bits per heavy atom. The van der Waals surface area contributed by atoms with Crippen LogP contribution in [0.3, 0.4) is 0 Å². The number of hydrogen-bond acceptors (Lipinski definition) is 9. The van der Waals surface area contributed by atoms with Crippen LogP contribution in [0.1, 0.15) is 29.1 Å². The molecule has 2 N–H and O–H groups in total. The van der Waals surface area contributed by atoms with E-state index in [9.17, 15) is 4.79 Å². The highest BCUT2D eigenvalue weighted by atomic mass is 35.5. The molecule has 3 aromatic heterocycles. The van der Waals surface area contributed by atoms with E-state index < -0.39 is 0 Å². The van der Waals surface area contributed by atoms with Crippen molar-refractivity contribution in [3.8, 4) is 11.8 Å². The Morgan fingerprint density at radius 2 is 2.09 bits per heavy atom. The highest BCUT2D eigenvalue weighted by Crippen LogP contribution is 2.40. The van der Waals surface area contributed by atoms with Gasteiger partial charge in [0.25, 0.3) is 0 Å². The predicted molar refractivity (Wildman–Crippen MR) is 132 cm³/mol. The maximum Gasteiger partial charge on any atom is 0.231 e. The maximum absolute atomic E-state index is 11.7. The average Bonchev–Trinajstić information content (AvgIpc) is 3.20. The number of halogens is 1. The number of nitrogens with zero attached hydrogens (tertiary/aromatic N) is 3. The second-order valence-corrected chi connectivity index (χ2v) is 8.82. The molecule has 0 fully saturated rings. The molecule has 4 rings (SSSR count). The van der Waals surface area contributed by atoms with Crippen molar-refractivity contribution in [2.24, 2.45) is 0 Å². The lowest BCUT2D eigenvalue weighted by atomic mass is 10.1. The number of pyridine rings is 1. The smallest absolute Gasteiger partial charge is 0.231 e. The summed E-state index contributed by atoms with van der Waals surface area (Å²) in [4.78, 5) is 25.3. The van der Waals surface area contributed by atoms with E-state index in [2.05, 4.69) is 32.5 Å². The van der Waals surface area contributed by atoms with Crippen molar-refractivity contribution in [2.45, 2.75) is 26.5 Å². The normalized spacial score (nSPS) is 12.2. The van der Waals surface area contributed by atoms with Gasteiger partial charge in [-0.05, 0) is 50.7 Å². The van der Waals surface area contributed by atoms with Gasteiger partial charge in [-0.15, -0.1) is 11.3 Å². The summed E-state index contributed by atoms with van der Waals surface area (Å²) in [5, 5.41) is 8.61. The van der Waals surface area contributed by atoms with Crippen LogP contribution in [0.25, 0.3) is 21.0 Å². The summed E-state index contributed by atoms with van der Waals surface area (Å²) >= 11 is 7.43. The maximum atomic E-state index is 11.7. The van der Waals surface area contributed by atoms with Crippen LogP contribution in [0.4, 0.5) is 5.69 Å². The van der Waals surface area contributed by atoms with E-state index in [1.807, 2.05) is 32.2 Å². The van der Waals surface area contributed by atoms with Crippen molar-refractivity contribution in [3.05, 3.63) is 46.2 Å². The molecule has 4 aromatic rings. The fourth-order valence-corrected chi connectivity index (χ4v) is 4.48. The third-order valence-corrected chi connectivity index (χ3v) is 6.43. The molecule has 0 saturated heterocycles. The molecule has 33 heavy (non-hydrogen) atoms. The highest BCUT2D eigenvalue weighted by molar-refractivity contribution is 7.21. The van der Waals surface area contributed by atoms with Gasteiger partial charge in [0.1, 0.15) is 0 Å². The van der Waals surface area contributed by atoms with Gasteiger partial charge in [-0.3, -0.25) is 4.79 Å². The molecule has 1 aromatic carbocycles. The number of benzene rings is 1. The molecule has 0 saturated carbocycles. The van der Waals surface area contributed by atoms with Crippen molar-refractivity contribution >= 4 is 55.9 Å². The predicted octanol–water partition coefficient (Wildman–Crippen LogP) is 5.05. The first kappa shape index (κ1) is 23.3.